The smallest absolute Gasteiger partial charge is 0.325 e. The molecule has 0 spiro atoms. The van der Waals surface area contributed by atoms with Crippen molar-refractivity contribution in [2.45, 2.75) is 45.6 Å². The van der Waals surface area contributed by atoms with E-state index >= 15 is 0 Å². The number of esters is 1. The molecule has 2 rings (SSSR count). The van der Waals surface area contributed by atoms with Crippen LogP contribution in [0.1, 0.15) is 48.5 Å². The zero-order valence-corrected chi connectivity index (χ0v) is 14.8. The maximum Gasteiger partial charge on any atom is 0.325 e. The minimum absolute atomic E-state index is 0.170. The van der Waals surface area contributed by atoms with Gasteiger partial charge >= 0.3 is 5.97 Å². The molecular formula is C19H26N2O4. The fourth-order valence-corrected chi connectivity index (χ4v) is 2.83. The number of carbonyl (C=O) groups excluding carboxylic acids is 3. The lowest BCUT2D eigenvalue weighted by atomic mass is 9.87. The van der Waals surface area contributed by atoms with E-state index in [1.54, 1.807) is 12.1 Å². The standard InChI is InChI=1S/C19H26N2O4/c1-13-3-7-15(8-4-13)19(24)20-11-18(23)25-12-17(22)21-16-9-5-14(2)6-10-16/h3-4,7-8,14,16H,5-6,9-12H2,1-2H3,(H,20,24)(H,21,22). The van der Waals surface area contributed by atoms with Gasteiger partial charge in [0.05, 0.1) is 0 Å². The first-order chi connectivity index (χ1) is 11.9. The number of hydrogen-bond acceptors (Lipinski definition) is 4. The topological polar surface area (TPSA) is 84.5 Å². The maximum absolute atomic E-state index is 11.9. The fourth-order valence-electron chi connectivity index (χ4n) is 2.83. The van der Waals surface area contributed by atoms with E-state index in [4.69, 9.17) is 4.74 Å². The molecule has 0 radical (unpaired) electrons. The minimum Gasteiger partial charge on any atom is -0.454 e. The van der Waals surface area contributed by atoms with Crippen molar-refractivity contribution in [2.24, 2.45) is 5.92 Å². The quantitative estimate of drug-likeness (QED) is 0.771. The summed E-state index contributed by atoms with van der Waals surface area (Å²) in [4.78, 5) is 35.4. The number of aryl methyl sites for hydroxylation is 1. The summed E-state index contributed by atoms with van der Waals surface area (Å²) in [7, 11) is 0. The molecular weight excluding hydrogens is 320 g/mol. The van der Waals surface area contributed by atoms with Crippen molar-refractivity contribution in [1.29, 1.82) is 0 Å². The molecule has 0 heterocycles. The van der Waals surface area contributed by atoms with Gasteiger partial charge in [-0.2, -0.15) is 0 Å². The van der Waals surface area contributed by atoms with Crippen LogP contribution in [0.3, 0.4) is 0 Å². The Balaban J connectivity index is 1.64. The second-order valence-electron chi connectivity index (χ2n) is 6.73. The van der Waals surface area contributed by atoms with Gasteiger partial charge in [0.1, 0.15) is 6.54 Å². The zero-order valence-electron chi connectivity index (χ0n) is 14.8. The van der Waals surface area contributed by atoms with Crippen LogP contribution >= 0.6 is 0 Å². The van der Waals surface area contributed by atoms with Crippen LogP contribution in [0, 0.1) is 12.8 Å². The van der Waals surface area contributed by atoms with E-state index in [0.29, 0.717) is 11.5 Å². The highest BCUT2D eigenvalue weighted by molar-refractivity contribution is 5.96. The van der Waals surface area contributed by atoms with Crippen LogP contribution in [-0.4, -0.2) is 37.0 Å². The second kappa shape index (κ2) is 9.20. The first kappa shape index (κ1) is 19.0. The molecule has 1 aliphatic rings. The molecule has 0 atom stereocenters. The molecule has 1 saturated carbocycles. The lowest BCUT2D eigenvalue weighted by Gasteiger charge is -2.26. The van der Waals surface area contributed by atoms with Gasteiger partial charge in [-0.3, -0.25) is 14.4 Å². The molecule has 0 aliphatic heterocycles. The van der Waals surface area contributed by atoms with Crippen LogP contribution in [0.4, 0.5) is 0 Å². The van der Waals surface area contributed by atoms with E-state index in [0.717, 1.165) is 31.2 Å². The van der Waals surface area contributed by atoms with Crippen LogP contribution in [0.15, 0.2) is 24.3 Å². The summed E-state index contributed by atoms with van der Waals surface area (Å²) >= 11 is 0. The van der Waals surface area contributed by atoms with Crippen molar-refractivity contribution in [2.75, 3.05) is 13.2 Å². The van der Waals surface area contributed by atoms with Crippen LogP contribution in [0.2, 0.25) is 0 Å². The Kier molecular flexibility index (Phi) is 6.98. The summed E-state index contributed by atoms with van der Waals surface area (Å²) in [5.74, 6) is -0.563. The average Bonchev–Trinajstić information content (AvgIpc) is 2.60. The largest absolute Gasteiger partial charge is 0.454 e. The third kappa shape index (κ3) is 6.57. The molecule has 2 amide bonds. The van der Waals surface area contributed by atoms with Gasteiger partial charge in [0.25, 0.3) is 11.8 Å². The Morgan fingerprint density at radius 1 is 1.08 bits per heavy atom. The molecule has 1 aliphatic carbocycles. The Hall–Kier alpha value is -2.37. The molecule has 0 bridgehead atoms. The van der Waals surface area contributed by atoms with Gasteiger partial charge in [-0.05, 0) is 50.7 Å². The SMILES string of the molecule is Cc1ccc(C(=O)NCC(=O)OCC(=O)NC2CCC(C)CC2)cc1. The van der Waals surface area contributed by atoms with Gasteiger partial charge < -0.3 is 15.4 Å². The number of carbonyl (C=O) groups is 3. The fraction of sp³-hybridized carbons (Fsp3) is 0.526. The highest BCUT2D eigenvalue weighted by Gasteiger charge is 2.20. The van der Waals surface area contributed by atoms with E-state index in [9.17, 15) is 14.4 Å². The van der Waals surface area contributed by atoms with Crippen molar-refractivity contribution in [3.05, 3.63) is 35.4 Å². The highest BCUT2D eigenvalue weighted by Crippen LogP contribution is 2.23. The Bertz CT molecular complexity index is 604. The summed E-state index contributed by atoms with van der Waals surface area (Å²) in [5, 5.41) is 5.37. The molecule has 1 aromatic rings. The van der Waals surface area contributed by atoms with E-state index < -0.39 is 5.97 Å². The van der Waals surface area contributed by atoms with Gasteiger partial charge in [0.15, 0.2) is 6.61 Å². The third-order valence-corrected chi connectivity index (χ3v) is 4.45. The summed E-state index contributed by atoms with van der Waals surface area (Å²) in [6, 6.07) is 7.19. The molecule has 136 valence electrons. The number of benzene rings is 1. The van der Waals surface area contributed by atoms with Crippen molar-refractivity contribution in [3.8, 4) is 0 Å². The monoisotopic (exact) mass is 346 g/mol. The minimum atomic E-state index is -0.632. The number of ether oxygens (including phenoxy) is 1. The van der Waals surface area contributed by atoms with Gasteiger partial charge in [-0.1, -0.05) is 24.6 Å². The molecule has 25 heavy (non-hydrogen) atoms. The van der Waals surface area contributed by atoms with Crippen LogP contribution < -0.4 is 10.6 Å². The first-order valence-corrected chi connectivity index (χ1v) is 8.74. The summed E-state index contributed by atoms with van der Waals surface area (Å²) in [6.45, 7) is 3.56. The van der Waals surface area contributed by atoms with Crippen molar-refractivity contribution < 1.29 is 19.1 Å². The number of hydrogen-bond donors (Lipinski definition) is 2. The highest BCUT2D eigenvalue weighted by atomic mass is 16.5. The summed E-state index contributed by atoms with van der Waals surface area (Å²) in [5.41, 5.74) is 1.53. The molecule has 0 unspecified atom stereocenters. The molecule has 1 aromatic carbocycles. The van der Waals surface area contributed by atoms with E-state index in [-0.39, 0.29) is 31.0 Å². The molecule has 6 nitrogen and oxygen atoms in total. The number of amides is 2. The van der Waals surface area contributed by atoms with Crippen LogP contribution in [-0.2, 0) is 14.3 Å². The van der Waals surface area contributed by atoms with E-state index in [2.05, 4.69) is 17.6 Å². The summed E-state index contributed by atoms with van der Waals surface area (Å²) in [6.07, 6.45) is 4.15. The predicted molar refractivity (Wildman–Crippen MR) is 94.0 cm³/mol. The second-order valence-corrected chi connectivity index (χ2v) is 6.73. The Morgan fingerprint density at radius 3 is 2.36 bits per heavy atom. The van der Waals surface area contributed by atoms with Gasteiger partial charge in [0.2, 0.25) is 0 Å². The molecule has 2 N–H and O–H groups in total. The van der Waals surface area contributed by atoms with Crippen molar-refractivity contribution >= 4 is 17.8 Å². The number of nitrogens with one attached hydrogen (secondary N) is 2. The van der Waals surface area contributed by atoms with Crippen molar-refractivity contribution in [3.63, 3.8) is 0 Å². The lowest BCUT2D eigenvalue weighted by molar-refractivity contribution is -0.147. The average molecular weight is 346 g/mol. The molecule has 1 fully saturated rings. The maximum atomic E-state index is 11.9. The molecule has 6 heteroatoms. The normalized spacial score (nSPS) is 19.8. The molecule has 0 saturated heterocycles. The van der Waals surface area contributed by atoms with Gasteiger partial charge in [-0.15, -0.1) is 0 Å². The van der Waals surface area contributed by atoms with Gasteiger partial charge in [0, 0.05) is 11.6 Å². The molecule has 0 aromatic heterocycles. The number of rotatable bonds is 6. The van der Waals surface area contributed by atoms with E-state index in [1.165, 1.54) is 0 Å². The van der Waals surface area contributed by atoms with Gasteiger partial charge in [-0.25, -0.2) is 0 Å². The Morgan fingerprint density at radius 2 is 1.72 bits per heavy atom. The zero-order chi connectivity index (χ0) is 18.2. The lowest BCUT2D eigenvalue weighted by Crippen LogP contribution is -2.40. The summed E-state index contributed by atoms with van der Waals surface area (Å²) < 4.78 is 4.91. The van der Waals surface area contributed by atoms with Crippen molar-refractivity contribution in [1.82, 2.24) is 10.6 Å². The Labute approximate surface area is 148 Å². The van der Waals surface area contributed by atoms with E-state index in [1.807, 2.05) is 19.1 Å². The predicted octanol–water partition coefficient (Wildman–Crippen LogP) is 1.96. The van der Waals surface area contributed by atoms with Crippen LogP contribution in [0.25, 0.3) is 0 Å². The third-order valence-electron chi connectivity index (χ3n) is 4.45. The first-order valence-electron chi connectivity index (χ1n) is 8.74. The van der Waals surface area contributed by atoms with Crippen LogP contribution in [0.5, 0.6) is 0 Å².